The van der Waals surface area contributed by atoms with Crippen LogP contribution in [0.25, 0.3) is 5.69 Å². The van der Waals surface area contributed by atoms with Crippen molar-refractivity contribution in [3.8, 4) is 5.69 Å². The quantitative estimate of drug-likeness (QED) is 0.514. The van der Waals surface area contributed by atoms with E-state index in [9.17, 15) is 17.6 Å². The topological polar surface area (TPSA) is 75.5 Å². The number of aryl methyl sites for hydroxylation is 1. The Morgan fingerprint density at radius 2 is 1.84 bits per heavy atom. The molecule has 0 radical (unpaired) electrons. The summed E-state index contributed by atoms with van der Waals surface area (Å²) in [5.41, 5.74) is 2.12. The lowest BCUT2D eigenvalue weighted by molar-refractivity contribution is -0.129. The summed E-state index contributed by atoms with van der Waals surface area (Å²) in [6.07, 6.45) is 3.57. The summed E-state index contributed by atoms with van der Waals surface area (Å²) in [6, 6.07) is 12.9. The van der Waals surface area contributed by atoms with E-state index in [2.05, 4.69) is 4.98 Å². The number of rotatable bonds is 6. The van der Waals surface area contributed by atoms with E-state index in [0.29, 0.717) is 13.1 Å². The number of aromatic nitrogens is 2. The van der Waals surface area contributed by atoms with Crippen LogP contribution in [0.3, 0.4) is 0 Å². The smallest absolute Gasteiger partial charge is 0.243 e. The molecule has 3 aromatic rings. The Bertz CT molecular complexity index is 1220. The zero-order chi connectivity index (χ0) is 22.7. The van der Waals surface area contributed by atoms with Crippen LogP contribution in [-0.2, 0) is 14.8 Å². The van der Waals surface area contributed by atoms with E-state index in [1.54, 1.807) is 11.1 Å². The zero-order valence-electron chi connectivity index (χ0n) is 17.5. The Kier molecular flexibility index (Phi) is 6.63. The third kappa shape index (κ3) is 4.72. The normalized spacial score (nSPS) is 15.1. The van der Waals surface area contributed by atoms with Gasteiger partial charge in [-0.05, 0) is 36.8 Å². The van der Waals surface area contributed by atoms with Crippen molar-refractivity contribution in [2.45, 2.75) is 17.0 Å². The van der Waals surface area contributed by atoms with Gasteiger partial charge in [0.25, 0.3) is 0 Å². The van der Waals surface area contributed by atoms with Gasteiger partial charge in [0.15, 0.2) is 5.16 Å². The van der Waals surface area contributed by atoms with E-state index in [0.717, 1.165) is 22.5 Å². The van der Waals surface area contributed by atoms with Crippen molar-refractivity contribution in [3.63, 3.8) is 0 Å². The maximum atomic E-state index is 13.4. The second-order valence-corrected chi connectivity index (χ2v) is 10.3. The summed E-state index contributed by atoms with van der Waals surface area (Å²) in [7, 11) is -3.78. The Morgan fingerprint density at radius 3 is 2.56 bits per heavy atom. The van der Waals surface area contributed by atoms with Gasteiger partial charge in [0.2, 0.25) is 15.9 Å². The minimum absolute atomic E-state index is 0.0721. The number of piperazine rings is 1. The molecule has 0 unspecified atom stereocenters. The number of nitrogens with zero attached hydrogens (tertiary/aromatic N) is 4. The second kappa shape index (κ2) is 9.43. The fourth-order valence-corrected chi connectivity index (χ4v) is 5.91. The molecule has 1 amide bonds. The van der Waals surface area contributed by atoms with Crippen LogP contribution < -0.4 is 0 Å². The van der Waals surface area contributed by atoms with Crippen molar-refractivity contribution >= 4 is 27.7 Å². The number of carbonyl (C=O) groups is 1. The van der Waals surface area contributed by atoms with Crippen LogP contribution in [0.5, 0.6) is 0 Å². The molecule has 7 nitrogen and oxygen atoms in total. The zero-order valence-corrected chi connectivity index (χ0v) is 19.2. The molecule has 0 aliphatic carbocycles. The first-order valence-corrected chi connectivity index (χ1v) is 12.5. The number of halogens is 1. The van der Waals surface area contributed by atoms with Crippen LogP contribution >= 0.6 is 11.8 Å². The average molecular weight is 475 g/mol. The van der Waals surface area contributed by atoms with Gasteiger partial charge in [0.1, 0.15) is 5.82 Å². The summed E-state index contributed by atoms with van der Waals surface area (Å²) >= 11 is 1.35. The van der Waals surface area contributed by atoms with Crippen molar-refractivity contribution in [3.05, 3.63) is 72.3 Å². The third-order valence-corrected chi connectivity index (χ3v) is 8.18. The molecule has 2 heterocycles. The highest BCUT2D eigenvalue weighted by molar-refractivity contribution is 7.99. The SMILES string of the molecule is Cc1ccccc1-n1ccnc1SCC(=O)N1CCN(S(=O)(=O)c2cccc(F)c2)CC1. The van der Waals surface area contributed by atoms with Gasteiger partial charge in [-0.1, -0.05) is 36.0 Å². The van der Waals surface area contributed by atoms with Crippen LogP contribution in [0, 0.1) is 12.7 Å². The highest BCUT2D eigenvalue weighted by Crippen LogP contribution is 2.24. The number of imidazole rings is 1. The number of benzene rings is 2. The molecule has 0 atom stereocenters. The van der Waals surface area contributed by atoms with Crippen LogP contribution in [0.1, 0.15) is 5.56 Å². The lowest BCUT2D eigenvalue weighted by Gasteiger charge is -2.34. The van der Waals surface area contributed by atoms with Gasteiger partial charge in [0.05, 0.1) is 16.3 Å². The summed E-state index contributed by atoms with van der Waals surface area (Å²) in [5, 5.41) is 0.722. The predicted octanol–water partition coefficient (Wildman–Crippen LogP) is 2.95. The van der Waals surface area contributed by atoms with E-state index in [4.69, 9.17) is 0 Å². The van der Waals surface area contributed by atoms with Crippen LogP contribution in [0.2, 0.25) is 0 Å². The van der Waals surface area contributed by atoms with Crippen molar-refractivity contribution in [2.24, 2.45) is 0 Å². The van der Waals surface area contributed by atoms with E-state index >= 15 is 0 Å². The van der Waals surface area contributed by atoms with Crippen LogP contribution in [0.4, 0.5) is 4.39 Å². The molecule has 168 valence electrons. The molecule has 32 heavy (non-hydrogen) atoms. The predicted molar refractivity (Wildman–Crippen MR) is 121 cm³/mol. The van der Waals surface area contributed by atoms with E-state index in [-0.39, 0.29) is 29.6 Å². The first-order valence-electron chi connectivity index (χ1n) is 10.1. The molecular formula is C22H23FN4O3S2. The number of para-hydroxylation sites is 1. The molecule has 1 saturated heterocycles. The number of sulfonamides is 1. The van der Waals surface area contributed by atoms with Crippen molar-refractivity contribution in [2.75, 3.05) is 31.9 Å². The standard InChI is InChI=1S/C22H23FN4O3S2/c1-17-5-2-3-8-20(17)27-10-9-24-22(27)31-16-21(28)25-11-13-26(14-12-25)32(29,30)19-7-4-6-18(23)15-19/h2-10,15H,11-14,16H2,1H3. The molecule has 1 fully saturated rings. The van der Waals surface area contributed by atoms with Crippen molar-refractivity contribution in [1.82, 2.24) is 18.8 Å². The highest BCUT2D eigenvalue weighted by Gasteiger charge is 2.30. The van der Waals surface area contributed by atoms with Gasteiger partial charge in [-0.15, -0.1) is 0 Å². The maximum absolute atomic E-state index is 13.4. The lowest BCUT2D eigenvalue weighted by Crippen LogP contribution is -2.51. The summed E-state index contributed by atoms with van der Waals surface area (Å²) in [5.74, 6) is -0.461. The number of hydrogen-bond acceptors (Lipinski definition) is 5. The van der Waals surface area contributed by atoms with E-state index in [1.807, 2.05) is 42.0 Å². The Balaban J connectivity index is 1.35. The molecule has 10 heteroatoms. The number of thioether (sulfide) groups is 1. The first-order chi connectivity index (χ1) is 15.4. The largest absolute Gasteiger partial charge is 0.339 e. The van der Waals surface area contributed by atoms with Gasteiger partial charge in [-0.2, -0.15) is 4.31 Å². The second-order valence-electron chi connectivity index (χ2n) is 7.40. The van der Waals surface area contributed by atoms with Gasteiger partial charge < -0.3 is 4.90 Å². The summed E-state index contributed by atoms with van der Waals surface area (Å²) in [6.45, 7) is 2.95. The fraction of sp³-hybridized carbons (Fsp3) is 0.273. The Hall–Kier alpha value is -2.69. The average Bonchev–Trinajstić information content (AvgIpc) is 3.26. The molecule has 0 bridgehead atoms. The third-order valence-electron chi connectivity index (χ3n) is 5.33. The Morgan fingerprint density at radius 1 is 1.09 bits per heavy atom. The molecule has 0 N–H and O–H groups in total. The highest BCUT2D eigenvalue weighted by atomic mass is 32.2. The summed E-state index contributed by atoms with van der Waals surface area (Å²) in [4.78, 5) is 18.7. The molecule has 1 aromatic heterocycles. The van der Waals surface area contributed by atoms with Gasteiger partial charge in [-0.25, -0.2) is 17.8 Å². The molecule has 1 aliphatic rings. The molecule has 0 spiro atoms. The minimum atomic E-state index is -3.78. The summed E-state index contributed by atoms with van der Waals surface area (Å²) < 4.78 is 42.2. The van der Waals surface area contributed by atoms with Gasteiger partial charge >= 0.3 is 0 Å². The Labute approximate surface area is 190 Å². The van der Waals surface area contributed by atoms with Crippen LogP contribution in [0.15, 0.2) is 71.0 Å². The molecular weight excluding hydrogens is 451 g/mol. The monoisotopic (exact) mass is 474 g/mol. The molecule has 1 aliphatic heterocycles. The van der Waals surface area contributed by atoms with Crippen molar-refractivity contribution < 1.29 is 17.6 Å². The van der Waals surface area contributed by atoms with Gasteiger partial charge in [0, 0.05) is 38.6 Å². The van der Waals surface area contributed by atoms with Crippen molar-refractivity contribution in [1.29, 1.82) is 0 Å². The number of carbonyl (C=O) groups excluding carboxylic acids is 1. The maximum Gasteiger partial charge on any atom is 0.243 e. The fourth-order valence-electron chi connectivity index (χ4n) is 3.59. The minimum Gasteiger partial charge on any atom is -0.339 e. The lowest BCUT2D eigenvalue weighted by atomic mass is 10.2. The number of hydrogen-bond donors (Lipinski definition) is 0. The van der Waals surface area contributed by atoms with Crippen LogP contribution in [-0.4, -0.2) is 65.0 Å². The van der Waals surface area contributed by atoms with E-state index < -0.39 is 15.8 Å². The molecule has 2 aromatic carbocycles. The molecule has 0 saturated carbocycles. The van der Waals surface area contributed by atoms with Gasteiger partial charge in [-0.3, -0.25) is 9.36 Å². The number of amides is 1. The van der Waals surface area contributed by atoms with E-state index in [1.165, 1.54) is 34.3 Å². The molecule has 4 rings (SSSR count). The first kappa shape index (κ1) is 22.5.